The van der Waals surface area contributed by atoms with Gasteiger partial charge in [-0.15, -0.1) is 0 Å². The van der Waals surface area contributed by atoms with E-state index in [1.54, 1.807) is 43.3 Å². The van der Waals surface area contributed by atoms with E-state index in [1.807, 2.05) is 0 Å². The second-order valence-electron chi connectivity index (χ2n) is 5.38. The van der Waals surface area contributed by atoms with Gasteiger partial charge in [-0.25, -0.2) is 4.79 Å². The van der Waals surface area contributed by atoms with Gasteiger partial charge >= 0.3 is 6.09 Å². The minimum Gasteiger partial charge on any atom is -0.450 e. The van der Waals surface area contributed by atoms with Crippen LogP contribution in [0.15, 0.2) is 48.5 Å². The van der Waals surface area contributed by atoms with Crippen LogP contribution in [0, 0.1) is 10.1 Å². The zero-order valence-electron chi connectivity index (χ0n) is 14.7. The molecule has 2 aromatic rings. The van der Waals surface area contributed by atoms with Gasteiger partial charge in [-0.05, 0) is 31.2 Å². The highest BCUT2D eigenvalue weighted by Crippen LogP contribution is 2.22. The van der Waals surface area contributed by atoms with Gasteiger partial charge in [-0.1, -0.05) is 18.2 Å². The number of nitrogens with one attached hydrogen (secondary N) is 3. The molecule has 0 saturated carbocycles. The largest absolute Gasteiger partial charge is 0.450 e. The number of hydrogen-bond donors (Lipinski definition) is 3. The summed E-state index contributed by atoms with van der Waals surface area (Å²) in [4.78, 5) is 34.1. The average molecular weight is 372 g/mol. The summed E-state index contributed by atoms with van der Waals surface area (Å²) in [5.41, 5.74) is 1.17. The maximum absolute atomic E-state index is 12.2. The lowest BCUT2D eigenvalue weighted by Gasteiger charge is -2.10. The molecule has 0 saturated heterocycles. The van der Waals surface area contributed by atoms with E-state index in [0.29, 0.717) is 23.5 Å². The monoisotopic (exact) mass is 372 g/mol. The van der Waals surface area contributed by atoms with Crippen LogP contribution in [0.25, 0.3) is 0 Å². The molecule has 0 aliphatic carbocycles. The zero-order chi connectivity index (χ0) is 19.6. The van der Waals surface area contributed by atoms with Gasteiger partial charge < -0.3 is 15.4 Å². The van der Waals surface area contributed by atoms with Gasteiger partial charge in [0.15, 0.2) is 0 Å². The van der Waals surface area contributed by atoms with E-state index < -0.39 is 11.0 Å². The first-order valence-electron chi connectivity index (χ1n) is 8.30. The number of nitro benzene ring substituents is 1. The van der Waals surface area contributed by atoms with Crippen molar-refractivity contribution in [3.8, 4) is 0 Å². The van der Waals surface area contributed by atoms with Gasteiger partial charge in [0.1, 0.15) is 5.69 Å². The number of anilines is 2. The molecule has 27 heavy (non-hydrogen) atoms. The summed E-state index contributed by atoms with van der Waals surface area (Å²) in [7, 11) is 0. The Hall–Kier alpha value is -3.62. The highest BCUT2D eigenvalue weighted by molar-refractivity contribution is 5.96. The topological polar surface area (TPSA) is 123 Å². The van der Waals surface area contributed by atoms with Gasteiger partial charge in [0.2, 0.25) is 0 Å². The summed E-state index contributed by atoms with van der Waals surface area (Å²) in [6.07, 6.45) is -0.594. The van der Waals surface area contributed by atoms with E-state index in [0.717, 1.165) is 0 Å². The van der Waals surface area contributed by atoms with Crippen LogP contribution in [-0.4, -0.2) is 36.6 Å². The third-order valence-corrected chi connectivity index (χ3v) is 3.47. The number of amides is 2. The Morgan fingerprint density at radius 2 is 1.89 bits per heavy atom. The molecule has 0 aromatic heterocycles. The number of para-hydroxylation sites is 2. The Morgan fingerprint density at radius 3 is 2.63 bits per heavy atom. The van der Waals surface area contributed by atoms with Crippen molar-refractivity contribution in [1.82, 2.24) is 5.32 Å². The van der Waals surface area contributed by atoms with E-state index in [2.05, 4.69) is 16.0 Å². The van der Waals surface area contributed by atoms with Crippen LogP contribution in [0.4, 0.5) is 21.9 Å². The molecule has 0 aliphatic heterocycles. The van der Waals surface area contributed by atoms with Gasteiger partial charge in [-0.3, -0.25) is 20.2 Å². The molecule has 142 valence electrons. The fraction of sp³-hybridized carbons (Fsp3) is 0.222. The molecule has 0 atom stereocenters. The van der Waals surface area contributed by atoms with Crippen molar-refractivity contribution in [3.05, 3.63) is 64.2 Å². The molecule has 0 aliphatic rings. The summed E-state index contributed by atoms with van der Waals surface area (Å²) in [5.74, 6) is -0.327. The predicted molar refractivity (Wildman–Crippen MR) is 101 cm³/mol. The number of nitrogens with zero attached hydrogens (tertiary/aromatic N) is 1. The Kier molecular flexibility index (Phi) is 7.12. The van der Waals surface area contributed by atoms with E-state index in [1.165, 1.54) is 12.1 Å². The number of carbonyl (C=O) groups is 2. The van der Waals surface area contributed by atoms with E-state index in [9.17, 15) is 19.7 Å². The van der Waals surface area contributed by atoms with Gasteiger partial charge in [0, 0.05) is 30.4 Å². The number of rotatable bonds is 8. The van der Waals surface area contributed by atoms with Crippen molar-refractivity contribution >= 4 is 29.1 Å². The first-order valence-corrected chi connectivity index (χ1v) is 8.30. The number of carbonyl (C=O) groups excluding carboxylic acids is 2. The molecule has 0 bridgehead atoms. The number of hydrogen-bond acceptors (Lipinski definition) is 6. The first kappa shape index (κ1) is 19.7. The van der Waals surface area contributed by atoms with Crippen LogP contribution < -0.4 is 16.0 Å². The molecule has 0 heterocycles. The van der Waals surface area contributed by atoms with Crippen molar-refractivity contribution in [2.45, 2.75) is 6.92 Å². The van der Waals surface area contributed by atoms with Crippen LogP contribution >= 0.6 is 0 Å². The third-order valence-electron chi connectivity index (χ3n) is 3.47. The van der Waals surface area contributed by atoms with Gasteiger partial charge in [-0.2, -0.15) is 0 Å². The van der Waals surface area contributed by atoms with Crippen molar-refractivity contribution in [1.29, 1.82) is 0 Å². The minimum atomic E-state index is -0.594. The van der Waals surface area contributed by atoms with Crippen molar-refractivity contribution < 1.29 is 19.2 Å². The van der Waals surface area contributed by atoms with Crippen LogP contribution in [-0.2, 0) is 4.74 Å². The van der Waals surface area contributed by atoms with Crippen LogP contribution in [0.2, 0.25) is 0 Å². The molecule has 0 radical (unpaired) electrons. The lowest BCUT2D eigenvalue weighted by atomic mass is 10.2. The third kappa shape index (κ3) is 5.99. The quantitative estimate of drug-likeness (QED) is 0.372. The highest BCUT2D eigenvalue weighted by Gasteiger charge is 2.12. The fourth-order valence-corrected chi connectivity index (χ4v) is 2.28. The lowest BCUT2D eigenvalue weighted by molar-refractivity contribution is -0.384. The highest BCUT2D eigenvalue weighted by atomic mass is 16.6. The normalized spacial score (nSPS) is 9.96. The smallest absolute Gasteiger partial charge is 0.411 e. The second kappa shape index (κ2) is 9.76. The fourth-order valence-electron chi connectivity index (χ4n) is 2.28. The molecule has 2 aromatic carbocycles. The second-order valence-corrected chi connectivity index (χ2v) is 5.38. The summed E-state index contributed by atoms with van der Waals surface area (Å²) in [6, 6.07) is 12.7. The van der Waals surface area contributed by atoms with Crippen LogP contribution in [0.5, 0.6) is 0 Å². The summed E-state index contributed by atoms with van der Waals surface area (Å²) < 4.78 is 4.79. The lowest BCUT2D eigenvalue weighted by Crippen LogP contribution is -2.29. The average Bonchev–Trinajstić information content (AvgIpc) is 2.65. The molecule has 2 rings (SSSR count). The maximum atomic E-state index is 12.2. The van der Waals surface area contributed by atoms with Crippen molar-refractivity contribution in [3.63, 3.8) is 0 Å². The molecular weight excluding hydrogens is 352 g/mol. The maximum Gasteiger partial charge on any atom is 0.411 e. The molecule has 3 N–H and O–H groups in total. The van der Waals surface area contributed by atoms with Gasteiger partial charge in [0.25, 0.3) is 11.6 Å². The van der Waals surface area contributed by atoms with Crippen LogP contribution in [0.3, 0.4) is 0 Å². The Labute approximate surface area is 155 Å². The summed E-state index contributed by atoms with van der Waals surface area (Å²) >= 11 is 0. The van der Waals surface area contributed by atoms with Crippen molar-refractivity contribution in [2.24, 2.45) is 0 Å². The standard InChI is InChI=1S/C18H20N4O5/c1-2-27-18(24)21-14-7-5-6-13(12-14)17(23)20-11-10-19-15-8-3-4-9-16(15)22(25)26/h3-9,12,19H,2,10-11H2,1H3,(H,20,23)(H,21,24). The van der Waals surface area contributed by atoms with E-state index >= 15 is 0 Å². The Morgan fingerprint density at radius 1 is 1.11 bits per heavy atom. The number of ether oxygens (including phenoxy) is 1. The SMILES string of the molecule is CCOC(=O)Nc1cccc(C(=O)NCCNc2ccccc2[N+](=O)[O-])c1. The number of benzene rings is 2. The van der Waals surface area contributed by atoms with Crippen LogP contribution in [0.1, 0.15) is 17.3 Å². The Bertz CT molecular complexity index is 825. The van der Waals surface area contributed by atoms with E-state index in [-0.39, 0.29) is 24.7 Å². The molecule has 0 unspecified atom stereocenters. The summed E-state index contributed by atoms with van der Waals surface area (Å²) in [6.45, 7) is 2.53. The molecule has 9 nitrogen and oxygen atoms in total. The Balaban J connectivity index is 1.86. The molecule has 0 spiro atoms. The first-order chi connectivity index (χ1) is 13.0. The van der Waals surface area contributed by atoms with E-state index in [4.69, 9.17) is 4.74 Å². The zero-order valence-corrected chi connectivity index (χ0v) is 14.7. The minimum absolute atomic E-state index is 0.0263. The van der Waals surface area contributed by atoms with Crippen molar-refractivity contribution in [2.75, 3.05) is 30.3 Å². The molecule has 2 amide bonds. The number of nitro groups is 1. The predicted octanol–water partition coefficient (Wildman–Crippen LogP) is 3.01. The molecular formula is C18H20N4O5. The molecule has 9 heteroatoms. The molecule has 0 fully saturated rings. The van der Waals surface area contributed by atoms with Gasteiger partial charge in [0.05, 0.1) is 11.5 Å². The summed E-state index contributed by atoms with van der Waals surface area (Å²) in [5, 5.41) is 19.1.